The average molecular weight is 514 g/mol. The second-order valence-corrected chi connectivity index (χ2v) is 9.71. The number of hydrogen-bond acceptors (Lipinski definition) is 3. The highest BCUT2D eigenvalue weighted by Crippen LogP contribution is 2.43. The lowest BCUT2D eigenvalue weighted by Crippen LogP contribution is -2.29. The van der Waals surface area contributed by atoms with Crippen molar-refractivity contribution in [1.29, 1.82) is 0 Å². The molecular weight excluding hydrogens is 481 g/mol. The van der Waals surface area contributed by atoms with E-state index in [0.29, 0.717) is 5.11 Å². The van der Waals surface area contributed by atoms with E-state index in [4.69, 9.17) is 12.2 Å². The molecule has 1 N–H and O–H groups in total. The Morgan fingerprint density at radius 3 is 2.24 bits per heavy atom. The molecule has 2 atom stereocenters. The third-order valence-corrected chi connectivity index (χ3v) is 7.54. The minimum Gasteiger partial charge on any atom is -0.372 e. The van der Waals surface area contributed by atoms with Gasteiger partial charge in [-0.3, -0.25) is 4.98 Å². The Kier molecular flexibility index (Phi) is 6.98. The van der Waals surface area contributed by atoms with Crippen LogP contribution in [0.25, 0.3) is 5.69 Å². The zero-order chi connectivity index (χ0) is 26.1. The molecule has 0 amide bonds. The Bertz CT molecular complexity index is 1380. The molecule has 5 rings (SSSR count). The molecule has 1 saturated heterocycles. The predicted octanol–water partition coefficient (Wildman–Crippen LogP) is 6.65. The summed E-state index contributed by atoms with van der Waals surface area (Å²) in [7, 11) is 0. The van der Waals surface area contributed by atoms with Crippen molar-refractivity contribution < 1.29 is 4.39 Å². The number of anilines is 2. The molecule has 3 heterocycles. The fourth-order valence-electron chi connectivity index (χ4n) is 5.44. The van der Waals surface area contributed by atoms with E-state index in [1.54, 1.807) is 18.3 Å². The lowest BCUT2D eigenvalue weighted by molar-refractivity contribution is 0.565. The molecule has 1 fully saturated rings. The SMILES string of the molecule is CCN(CC)c1ccc(-n2c(C)cc(C3C(c4ccccn4)NC(=S)N3c3ccc(F)cc3)c2C)cc1. The van der Waals surface area contributed by atoms with Crippen LogP contribution in [0.1, 0.15) is 48.6 Å². The van der Waals surface area contributed by atoms with Crippen LogP contribution in [-0.4, -0.2) is 27.8 Å². The molecule has 2 aromatic heterocycles. The zero-order valence-corrected chi connectivity index (χ0v) is 22.5. The van der Waals surface area contributed by atoms with Crippen LogP contribution in [0.4, 0.5) is 15.8 Å². The highest BCUT2D eigenvalue weighted by molar-refractivity contribution is 7.80. The summed E-state index contributed by atoms with van der Waals surface area (Å²) in [5.41, 5.74) is 7.52. The number of hydrogen-bond donors (Lipinski definition) is 1. The van der Waals surface area contributed by atoms with Gasteiger partial charge in [0.25, 0.3) is 0 Å². The third kappa shape index (κ3) is 4.60. The van der Waals surface area contributed by atoms with Crippen LogP contribution in [0.5, 0.6) is 0 Å². The second-order valence-electron chi connectivity index (χ2n) is 9.32. The van der Waals surface area contributed by atoms with E-state index in [1.165, 1.54) is 17.8 Å². The molecule has 1 aliphatic rings. The second kappa shape index (κ2) is 10.3. The van der Waals surface area contributed by atoms with Crippen molar-refractivity contribution in [3.63, 3.8) is 0 Å². The molecule has 0 radical (unpaired) electrons. The smallest absolute Gasteiger partial charge is 0.174 e. The molecule has 2 unspecified atom stereocenters. The molecule has 0 saturated carbocycles. The summed E-state index contributed by atoms with van der Waals surface area (Å²) in [6.07, 6.45) is 1.80. The highest BCUT2D eigenvalue weighted by Gasteiger charge is 2.42. The summed E-state index contributed by atoms with van der Waals surface area (Å²) in [6, 6.07) is 23.1. The molecule has 0 spiro atoms. The molecule has 2 aromatic carbocycles. The van der Waals surface area contributed by atoms with Crippen LogP contribution in [-0.2, 0) is 0 Å². The Hall–Kier alpha value is -3.71. The monoisotopic (exact) mass is 513 g/mol. The molecule has 5 nitrogen and oxygen atoms in total. The number of rotatable bonds is 7. The van der Waals surface area contributed by atoms with Gasteiger partial charge in [-0.25, -0.2) is 4.39 Å². The van der Waals surface area contributed by atoms with Crippen molar-refractivity contribution in [2.75, 3.05) is 22.9 Å². The van der Waals surface area contributed by atoms with Crippen LogP contribution >= 0.6 is 12.2 Å². The predicted molar refractivity (Wildman–Crippen MR) is 153 cm³/mol. The standard InChI is InChI=1S/C30H32FN5S/c1-5-34(6-2)23-14-16-24(17-15-23)35-20(3)19-26(21(35)4)29-28(27-9-7-8-18-32-27)33-30(37)36(29)25-12-10-22(31)11-13-25/h7-19,28-29H,5-6H2,1-4H3,(H,33,37). The summed E-state index contributed by atoms with van der Waals surface area (Å²) in [5.74, 6) is -0.272. The molecule has 0 bridgehead atoms. The van der Waals surface area contributed by atoms with Gasteiger partial charge in [0.1, 0.15) is 5.82 Å². The van der Waals surface area contributed by atoms with Crippen molar-refractivity contribution in [3.05, 3.63) is 107 Å². The van der Waals surface area contributed by atoms with Crippen LogP contribution in [0, 0.1) is 19.7 Å². The maximum atomic E-state index is 13.8. The number of aryl methyl sites for hydroxylation is 1. The van der Waals surface area contributed by atoms with Crippen LogP contribution < -0.4 is 15.1 Å². The number of nitrogens with one attached hydrogen (secondary N) is 1. The van der Waals surface area contributed by atoms with Crippen molar-refractivity contribution in [2.24, 2.45) is 0 Å². The van der Waals surface area contributed by atoms with Gasteiger partial charge in [-0.05, 0) is 112 Å². The molecule has 7 heteroatoms. The van der Waals surface area contributed by atoms with Gasteiger partial charge in [-0.15, -0.1) is 0 Å². The van der Waals surface area contributed by atoms with Crippen molar-refractivity contribution in [2.45, 2.75) is 39.8 Å². The fraction of sp³-hybridized carbons (Fsp3) is 0.267. The first-order chi connectivity index (χ1) is 17.9. The number of halogens is 1. The first-order valence-electron chi connectivity index (χ1n) is 12.7. The van der Waals surface area contributed by atoms with Gasteiger partial charge in [-0.1, -0.05) is 6.07 Å². The number of pyridine rings is 1. The third-order valence-electron chi connectivity index (χ3n) is 7.23. The summed E-state index contributed by atoms with van der Waals surface area (Å²) in [5, 5.41) is 4.09. The minimum absolute atomic E-state index is 0.150. The molecule has 1 aliphatic heterocycles. The Morgan fingerprint density at radius 1 is 0.946 bits per heavy atom. The van der Waals surface area contributed by atoms with Gasteiger partial charge in [0.2, 0.25) is 0 Å². The quantitative estimate of drug-likeness (QED) is 0.280. The molecular formula is C30H32FN5S. The van der Waals surface area contributed by atoms with E-state index in [9.17, 15) is 4.39 Å². The number of aromatic nitrogens is 2. The highest BCUT2D eigenvalue weighted by atomic mass is 32.1. The maximum Gasteiger partial charge on any atom is 0.174 e. The van der Waals surface area contributed by atoms with Gasteiger partial charge < -0.3 is 19.7 Å². The van der Waals surface area contributed by atoms with E-state index in [0.717, 1.165) is 47.1 Å². The van der Waals surface area contributed by atoms with E-state index < -0.39 is 0 Å². The van der Waals surface area contributed by atoms with Crippen LogP contribution in [0.15, 0.2) is 79.0 Å². The van der Waals surface area contributed by atoms with Gasteiger partial charge in [0.15, 0.2) is 5.11 Å². The molecule has 4 aromatic rings. The van der Waals surface area contributed by atoms with Gasteiger partial charge >= 0.3 is 0 Å². The summed E-state index contributed by atoms with van der Waals surface area (Å²) in [4.78, 5) is 9.08. The lowest BCUT2D eigenvalue weighted by Gasteiger charge is -2.28. The largest absolute Gasteiger partial charge is 0.372 e. The topological polar surface area (TPSA) is 36.3 Å². The van der Waals surface area contributed by atoms with Crippen molar-refractivity contribution >= 4 is 28.7 Å². The number of benzene rings is 2. The van der Waals surface area contributed by atoms with E-state index in [-0.39, 0.29) is 17.9 Å². The first kappa shape index (κ1) is 25.0. The molecule has 0 aliphatic carbocycles. The number of nitrogens with zero attached hydrogens (tertiary/aromatic N) is 4. The van der Waals surface area contributed by atoms with Crippen molar-refractivity contribution in [1.82, 2.24) is 14.9 Å². The Balaban J connectivity index is 1.61. The zero-order valence-electron chi connectivity index (χ0n) is 21.6. The van der Waals surface area contributed by atoms with Gasteiger partial charge in [-0.2, -0.15) is 0 Å². The molecule has 190 valence electrons. The lowest BCUT2D eigenvalue weighted by atomic mass is 9.96. The summed E-state index contributed by atoms with van der Waals surface area (Å²) < 4.78 is 16.1. The minimum atomic E-state index is -0.272. The van der Waals surface area contributed by atoms with E-state index in [1.807, 2.05) is 18.2 Å². The Morgan fingerprint density at radius 2 is 1.62 bits per heavy atom. The Labute approximate surface area is 223 Å². The van der Waals surface area contributed by atoms with Crippen LogP contribution in [0.2, 0.25) is 0 Å². The number of thiocarbonyl (C=S) groups is 1. The fourth-order valence-corrected chi connectivity index (χ4v) is 5.78. The normalized spacial score (nSPS) is 17.2. The average Bonchev–Trinajstić information content (AvgIpc) is 3.41. The first-order valence-corrected chi connectivity index (χ1v) is 13.1. The maximum absolute atomic E-state index is 13.8. The van der Waals surface area contributed by atoms with E-state index >= 15 is 0 Å². The van der Waals surface area contributed by atoms with Crippen LogP contribution in [0.3, 0.4) is 0 Å². The summed E-state index contributed by atoms with van der Waals surface area (Å²) in [6.45, 7) is 10.6. The molecule has 37 heavy (non-hydrogen) atoms. The van der Waals surface area contributed by atoms with Gasteiger partial charge in [0, 0.05) is 47.7 Å². The van der Waals surface area contributed by atoms with Crippen molar-refractivity contribution in [3.8, 4) is 5.69 Å². The summed E-state index contributed by atoms with van der Waals surface area (Å²) >= 11 is 5.83. The van der Waals surface area contributed by atoms with E-state index in [2.05, 4.69) is 82.7 Å². The van der Waals surface area contributed by atoms with Gasteiger partial charge in [0.05, 0.1) is 17.8 Å².